The van der Waals surface area contributed by atoms with E-state index < -0.39 is 34.9 Å². The van der Waals surface area contributed by atoms with E-state index in [0.29, 0.717) is 22.9 Å². The molecule has 0 fully saturated rings. The van der Waals surface area contributed by atoms with Crippen LogP contribution in [0.4, 0.5) is 10.5 Å². The van der Waals surface area contributed by atoms with Crippen molar-refractivity contribution in [1.29, 1.82) is 0 Å². The van der Waals surface area contributed by atoms with E-state index in [2.05, 4.69) is 20.7 Å². The maximum absolute atomic E-state index is 13.4. The molecule has 0 aromatic heterocycles. The second-order valence-electron chi connectivity index (χ2n) is 7.31. The molecule has 0 saturated heterocycles. The van der Waals surface area contributed by atoms with Crippen molar-refractivity contribution in [3.63, 3.8) is 0 Å². The summed E-state index contributed by atoms with van der Waals surface area (Å²) >= 11 is 3.33. The number of hydrogen-bond donors (Lipinski definition) is 1. The van der Waals surface area contributed by atoms with Crippen LogP contribution in [0.25, 0.3) is 0 Å². The Balaban J connectivity index is 2.05. The summed E-state index contributed by atoms with van der Waals surface area (Å²) in [4.78, 5) is 48.9. The fourth-order valence-electron chi connectivity index (χ4n) is 3.87. The summed E-state index contributed by atoms with van der Waals surface area (Å²) in [5.74, 6) is -2.73. The van der Waals surface area contributed by atoms with Gasteiger partial charge in [-0.15, -0.1) is 0 Å². The summed E-state index contributed by atoms with van der Waals surface area (Å²) in [6, 6.07) is 9.59. The zero-order valence-electron chi connectivity index (χ0n) is 17.6. The van der Waals surface area contributed by atoms with Crippen molar-refractivity contribution in [1.82, 2.24) is 4.90 Å². The molecule has 2 aromatic carbocycles. The molecule has 0 saturated carbocycles. The molecule has 0 aliphatic carbocycles. The van der Waals surface area contributed by atoms with Gasteiger partial charge in [-0.2, -0.15) is 0 Å². The third kappa shape index (κ3) is 5.14. The SMILES string of the molecule is COC(=O)OCc1ccc([C@@H]2[C@H](C(=O)O)c3ccc([N+](=O)[O-])cc3C(=O)N2CCCBr)cc1. The highest BCUT2D eigenvalue weighted by Crippen LogP contribution is 2.44. The molecule has 11 heteroatoms. The van der Waals surface area contributed by atoms with Crippen molar-refractivity contribution < 1.29 is 33.9 Å². The minimum atomic E-state index is -1.15. The molecule has 1 aliphatic heterocycles. The van der Waals surface area contributed by atoms with E-state index in [0.717, 1.165) is 6.07 Å². The molecule has 1 N–H and O–H groups in total. The number of hydrogen-bond acceptors (Lipinski definition) is 7. The second kappa shape index (κ2) is 10.4. The number of carbonyl (C=O) groups is 3. The van der Waals surface area contributed by atoms with Crippen molar-refractivity contribution in [2.75, 3.05) is 19.0 Å². The van der Waals surface area contributed by atoms with Crippen LogP contribution in [0.2, 0.25) is 0 Å². The van der Waals surface area contributed by atoms with Gasteiger partial charge in [-0.25, -0.2) is 4.79 Å². The first-order valence-electron chi connectivity index (χ1n) is 9.96. The largest absolute Gasteiger partial charge is 0.508 e. The lowest BCUT2D eigenvalue weighted by molar-refractivity contribution is -0.384. The number of carbonyl (C=O) groups excluding carboxylic acids is 2. The van der Waals surface area contributed by atoms with Crippen molar-refractivity contribution in [3.05, 3.63) is 74.8 Å². The molecule has 1 amide bonds. The Morgan fingerprint density at radius 3 is 2.48 bits per heavy atom. The number of nitro benzene ring substituents is 1. The third-order valence-corrected chi connectivity index (χ3v) is 5.93. The minimum absolute atomic E-state index is 0.0190. The number of nitrogens with zero attached hydrogens (tertiary/aromatic N) is 2. The van der Waals surface area contributed by atoms with Gasteiger partial charge < -0.3 is 19.5 Å². The van der Waals surface area contributed by atoms with Crippen LogP contribution in [0.1, 0.15) is 45.4 Å². The minimum Gasteiger partial charge on any atom is -0.481 e. The molecule has 0 radical (unpaired) electrons. The van der Waals surface area contributed by atoms with Gasteiger partial charge in [0, 0.05) is 24.0 Å². The average Bonchev–Trinajstić information content (AvgIpc) is 2.81. The summed E-state index contributed by atoms with van der Waals surface area (Å²) in [6.07, 6.45) is -0.265. The lowest BCUT2D eigenvalue weighted by Gasteiger charge is -2.40. The molecule has 10 nitrogen and oxygen atoms in total. The Morgan fingerprint density at radius 1 is 1.21 bits per heavy atom. The first-order valence-corrected chi connectivity index (χ1v) is 11.1. The van der Waals surface area contributed by atoms with Crippen molar-refractivity contribution in [2.24, 2.45) is 0 Å². The van der Waals surface area contributed by atoms with Crippen molar-refractivity contribution in [2.45, 2.75) is 25.0 Å². The fourth-order valence-corrected chi connectivity index (χ4v) is 4.12. The van der Waals surface area contributed by atoms with E-state index in [9.17, 15) is 29.6 Å². The second-order valence-corrected chi connectivity index (χ2v) is 8.11. The first kappa shape index (κ1) is 24.2. The van der Waals surface area contributed by atoms with Gasteiger partial charge in [0.2, 0.25) is 0 Å². The van der Waals surface area contributed by atoms with E-state index >= 15 is 0 Å². The number of aliphatic carboxylic acids is 1. The lowest BCUT2D eigenvalue weighted by Crippen LogP contribution is -2.45. The standard InChI is InChI=1S/C22H21BrN2O8/c1-32-22(29)33-12-13-3-5-14(6-4-13)19-18(21(27)28)16-8-7-15(25(30)31)11-17(16)20(26)24(19)10-2-9-23/h3-8,11,18-19H,2,9-10,12H2,1H3,(H,27,28)/t18-,19-/m1/s1. The first-order chi connectivity index (χ1) is 15.8. The van der Waals surface area contributed by atoms with Crippen LogP contribution >= 0.6 is 15.9 Å². The number of methoxy groups -OCH3 is 1. The molecule has 0 bridgehead atoms. The Hall–Kier alpha value is -3.47. The van der Waals surface area contributed by atoms with Crippen LogP contribution in [0.3, 0.4) is 0 Å². The molecule has 2 atom stereocenters. The summed E-state index contributed by atoms with van der Waals surface area (Å²) in [5, 5.41) is 21.9. The summed E-state index contributed by atoms with van der Waals surface area (Å²) in [6.45, 7) is 0.229. The van der Waals surface area contributed by atoms with Gasteiger partial charge in [-0.05, 0) is 23.1 Å². The van der Waals surface area contributed by atoms with Crippen LogP contribution in [-0.4, -0.2) is 51.9 Å². The van der Waals surface area contributed by atoms with E-state index in [1.165, 1.54) is 24.1 Å². The quantitative estimate of drug-likeness (QED) is 0.238. The molecular weight excluding hydrogens is 500 g/mol. The van der Waals surface area contributed by atoms with Crippen LogP contribution in [-0.2, 0) is 20.9 Å². The highest BCUT2D eigenvalue weighted by Gasteiger charge is 2.44. The number of amides is 1. The van der Waals surface area contributed by atoms with Crippen LogP contribution < -0.4 is 0 Å². The van der Waals surface area contributed by atoms with Gasteiger partial charge in [0.25, 0.3) is 11.6 Å². The highest BCUT2D eigenvalue weighted by atomic mass is 79.9. The Morgan fingerprint density at radius 2 is 1.91 bits per heavy atom. The molecule has 174 valence electrons. The number of rotatable bonds is 8. The van der Waals surface area contributed by atoms with E-state index in [-0.39, 0.29) is 30.0 Å². The van der Waals surface area contributed by atoms with Crippen molar-refractivity contribution >= 4 is 39.6 Å². The number of halogens is 1. The van der Waals surface area contributed by atoms with E-state index in [1.807, 2.05) is 0 Å². The van der Waals surface area contributed by atoms with Crippen LogP contribution in [0.5, 0.6) is 0 Å². The number of nitro groups is 1. The number of carboxylic acids is 1. The number of carboxylic acid groups (broad SMARTS) is 1. The van der Waals surface area contributed by atoms with Crippen LogP contribution in [0.15, 0.2) is 42.5 Å². The van der Waals surface area contributed by atoms with Gasteiger partial charge in [0.15, 0.2) is 0 Å². The number of alkyl halides is 1. The predicted molar refractivity (Wildman–Crippen MR) is 119 cm³/mol. The maximum atomic E-state index is 13.4. The normalized spacial score (nSPS) is 17.3. The molecule has 0 spiro atoms. The number of non-ortho nitro benzene ring substituents is 1. The summed E-state index contributed by atoms with van der Waals surface area (Å²) < 4.78 is 9.34. The van der Waals surface area contributed by atoms with Crippen molar-refractivity contribution in [3.8, 4) is 0 Å². The fraction of sp³-hybridized carbons (Fsp3) is 0.318. The monoisotopic (exact) mass is 520 g/mol. The highest BCUT2D eigenvalue weighted by molar-refractivity contribution is 9.09. The van der Waals surface area contributed by atoms with E-state index in [4.69, 9.17) is 4.74 Å². The molecule has 0 unspecified atom stereocenters. The average molecular weight is 521 g/mol. The number of benzene rings is 2. The molecule has 1 heterocycles. The van der Waals surface area contributed by atoms with E-state index in [1.54, 1.807) is 24.3 Å². The van der Waals surface area contributed by atoms with Gasteiger partial charge in [-0.1, -0.05) is 46.3 Å². The van der Waals surface area contributed by atoms with Gasteiger partial charge in [0.05, 0.1) is 23.6 Å². The topological polar surface area (TPSA) is 136 Å². The molecule has 1 aliphatic rings. The molecule has 33 heavy (non-hydrogen) atoms. The van der Waals surface area contributed by atoms with Gasteiger partial charge >= 0.3 is 12.1 Å². The summed E-state index contributed by atoms with van der Waals surface area (Å²) in [5.41, 5.74) is 1.21. The molecule has 2 aromatic rings. The van der Waals surface area contributed by atoms with Gasteiger partial charge in [0.1, 0.15) is 12.5 Å². The Labute approximate surface area is 197 Å². The molecule has 3 rings (SSSR count). The Kier molecular flexibility index (Phi) is 7.64. The molecular formula is C22H21BrN2O8. The Bertz CT molecular complexity index is 1070. The maximum Gasteiger partial charge on any atom is 0.508 e. The lowest BCUT2D eigenvalue weighted by atomic mass is 9.79. The predicted octanol–water partition coefficient (Wildman–Crippen LogP) is 4.03. The number of fused-ring (bicyclic) bond motifs is 1. The van der Waals surface area contributed by atoms with Gasteiger partial charge in [-0.3, -0.25) is 19.7 Å². The zero-order valence-corrected chi connectivity index (χ0v) is 19.2. The third-order valence-electron chi connectivity index (χ3n) is 5.37. The zero-order chi connectivity index (χ0) is 24.1. The van der Waals surface area contributed by atoms with Crippen LogP contribution in [0, 0.1) is 10.1 Å². The number of ether oxygens (including phenoxy) is 2. The smallest absolute Gasteiger partial charge is 0.481 e. The summed E-state index contributed by atoms with van der Waals surface area (Å²) in [7, 11) is 1.20.